The number of rotatable bonds is 5. The molecule has 0 saturated carbocycles. The molecule has 2 N–H and O–H groups in total. The van der Waals surface area contributed by atoms with Crippen LogP contribution in [0.25, 0.3) is 0 Å². The number of anilines is 5. The first kappa shape index (κ1) is 21.8. The topological polar surface area (TPSA) is 86.3 Å². The molecule has 2 heterocycles. The number of nitrogens with one attached hydrogen (secondary N) is 2. The summed E-state index contributed by atoms with van der Waals surface area (Å²) >= 11 is 5.92. The van der Waals surface area contributed by atoms with E-state index in [2.05, 4.69) is 35.4 Å². The summed E-state index contributed by atoms with van der Waals surface area (Å²) in [5.41, 5.74) is 3.31. The monoisotopic (exact) mass is 455 g/mol. The van der Waals surface area contributed by atoms with Crippen molar-refractivity contribution >= 4 is 46.5 Å². The van der Waals surface area contributed by atoms with Gasteiger partial charge in [0.05, 0.1) is 5.02 Å². The normalized spacial score (nSPS) is 13.8. The summed E-state index contributed by atoms with van der Waals surface area (Å²) in [4.78, 5) is 28.8. The number of amides is 1. The Morgan fingerprint density at radius 1 is 1.06 bits per heavy atom. The summed E-state index contributed by atoms with van der Waals surface area (Å²) in [6, 6.07) is 10.4. The average Bonchev–Trinajstić information content (AvgIpc) is 2.78. The fourth-order valence-corrected chi connectivity index (χ4v) is 3.74. The maximum Gasteiger partial charge on any atom is 0.232 e. The van der Waals surface area contributed by atoms with Crippen LogP contribution in [0.4, 0.5) is 33.3 Å². The van der Waals surface area contributed by atoms with Crippen molar-refractivity contribution in [3.63, 3.8) is 0 Å². The van der Waals surface area contributed by atoms with Crippen LogP contribution in [-0.4, -0.2) is 47.0 Å². The largest absolute Gasteiger partial charge is 0.368 e. The third-order valence-electron chi connectivity index (χ3n) is 5.28. The molecule has 0 atom stereocenters. The van der Waals surface area contributed by atoms with Crippen molar-refractivity contribution in [1.29, 1.82) is 0 Å². The van der Waals surface area contributed by atoms with Crippen LogP contribution in [0.1, 0.15) is 12.5 Å². The molecule has 4 rings (SSSR count). The summed E-state index contributed by atoms with van der Waals surface area (Å²) in [5.74, 6) is 0.452. The second kappa shape index (κ2) is 9.35. The van der Waals surface area contributed by atoms with Gasteiger partial charge >= 0.3 is 0 Å². The predicted octanol–water partition coefficient (Wildman–Crippen LogP) is 4.00. The van der Waals surface area contributed by atoms with Gasteiger partial charge in [0, 0.05) is 50.2 Å². The fraction of sp³-hybridized carbons (Fsp3) is 0.273. The summed E-state index contributed by atoms with van der Waals surface area (Å²) in [6.07, 6.45) is 1.48. The lowest BCUT2D eigenvalue weighted by Gasteiger charge is -2.36. The van der Waals surface area contributed by atoms with E-state index >= 15 is 0 Å². The SMILES string of the molecule is CC(=O)Nc1cccc(Nc2ncnc(N3CCN(c4ccc(F)c(Cl)c4)CC3)n2)c1C. The lowest BCUT2D eigenvalue weighted by Crippen LogP contribution is -2.47. The highest BCUT2D eigenvalue weighted by molar-refractivity contribution is 6.31. The molecule has 3 aromatic rings. The molecule has 8 nitrogen and oxygen atoms in total. The number of carbonyl (C=O) groups excluding carboxylic acids is 1. The zero-order valence-corrected chi connectivity index (χ0v) is 18.5. The minimum Gasteiger partial charge on any atom is -0.368 e. The van der Waals surface area contributed by atoms with Gasteiger partial charge in [-0.1, -0.05) is 17.7 Å². The molecule has 166 valence electrons. The van der Waals surface area contributed by atoms with E-state index in [1.807, 2.05) is 25.1 Å². The van der Waals surface area contributed by atoms with Gasteiger partial charge < -0.3 is 20.4 Å². The standard InChI is InChI=1S/C22H23ClFN7O/c1-14-19(27-15(2)32)4-3-5-20(14)28-21-25-13-26-22(29-21)31-10-8-30(9-11-31)16-6-7-18(24)17(23)12-16/h3-7,12-13H,8-11H2,1-2H3,(H,27,32)(H,25,26,28,29). The summed E-state index contributed by atoms with van der Waals surface area (Å²) in [6.45, 7) is 6.26. The van der Waals surface area contributed by atoms with Crippen LogP contribution in [0.15, 0.2) is 42.7 Å². The summed E-state index contributed by atoms with van der Waals surface area (Å²) < 4.78 is 13.4. The highest BCUT2D eigenvalue weighted by atomic mass is 35.5. The molecule has 0 radical (unpaired) electrons. The van der Waals surface area contributed by atoms with Gasteiger partial charge in [0.2, 0.25) is 17.8 Å². The second-order valence-corrected chi connectivity index (χ2v) is 7.87. The van der Waals surface area contributed by atoms with E-state index in [1.54, 1.807) is 12.1 Å². The lowest BCUT2D eigenvalue weighted by molar-refractivity contribution is -0.114. The Labute approximate surface area is 190 Å². The van der Waals surface area contributed by atoms with E-state index in [9.17, 15) is 9.18 Å². The number of benzene rings is 2. The van der Waals surface area contributed by atoms with E-state index in [-0.39, 0.29) is 10.9 Å². The van der Waals surface area contributed by atoms with Crippen molar-refractivity contribution in [1.82, 2.24) is 15.0 Å². The molecule has 0 unspecified atom stereocenters. The number of piperazine rings is 1. The molecule has 1 saturated heterocycles. The highest BCUT2D eigenvalue weighted by Gasteiger charge is 2.20. The van der Waals surface area contributed by atoms with Crippen molar-refractivity contribution in [2.24, 2.45) is 0 Å². The number of halogens is 2. The number of nitrogens with zero attached hydrogens (tertiary/aromatic N) is 5. The second-order valence-electron chi connectivity index (χ2n) is 7.47. The first-order valence-corrected chi connectivity index (χ1v) is 10.6. The van der Waals surface area contributed by atoms with E-state index < -0.39 is 5.82 Å². The van der Waals surface area contributed by atoms with Gasteiger partial charge in [0.25, 0.3) is 0 Å². The lowest BCUT2D eigenvalue weighted by atomic mass is 10.1. The minimum atomic E-state index is -0.419. The molecule has 1 aliphatic heterocycles. The summed E-state index contributed by atoms with van der Waals surface area (Å²) in [7, 11) is 0. The highest BCUT2D eigenvalue weighted by Crippen LogP contribution is 2.27. The van der Waals surface area contributed by atoms with Gasteiger partial charge in [0.15, 0.2) is 0 Å². The Kier molecular flexibility index (Phi) is 6.36. The van der Waals surface area contributed by atoms with Gasteiger partial charge in [-0.15, -0.1) is 0 Å². The van der Waals surface area contributed by atoms with Gasteiger partial charge in [-0.2, -0.15) is 4.98 Å². The van der Waals surface area contributed by atoms with E-state index in [0.29, 0.717) is 25.0 Å². The molecule has 0 spiro atoms. The first-order valence-electron chi connectivity index (χ1n) is 10.2. The third-order valence-corrected chi connectivity index (χ3v) is 5.57. The Balaban J connectivity index is 1.44. The van der Waals surface area contributed by atoms with Gasteiger partial charge in [-0.25, -0.2) is 14.4 Å². The molecule has 10 heteroatoms. The van der Waals surface area contributed by atoms with Gasteiger partial charge in [-0.05, 0) is 42.8 Å². The number of hydrogen-bond donors (Lipinski definition) is 2. The minimum absolute atomic E-state index is 0.121. The van der Waals surface area contributed by atoms with Crippen LogP contribution in [0.2, 0.25) is 5.02 Å². The Bertz CT molecular complexity index is 1140. The molecule has 32 heavy (non-hydrogen) atoms. The number of hydrogen-bond acceptors (Lipinski definition) is 7. The van der Waals surface area contributed by atoms with E-state index in [1.165, 1.54) is 19.3 Å². The molecule has 0 bridgehead atoms. The van der Waals surface area contributed by atoms with Gasteiger partial charge in [0.1, 0.15) is 12.1 Å². The zero-order valence-electron chi connectivity index (χ0n) is 17.8. The molecule has 1 fully saturated rings. The smallest absolute Gasteiger partial charge is 0.232 e. The predicted molar refractivity (Wildman–Crippen MR) is 124 cm³/mol. The van der Waals surface area contributed by atoms with Crippen LogP contribution < -0.4 is 20.4 Å². The number of aromatic nitrogens is 3. The molecular weight excluding hydrogens is 433 g/mol. The van der Waals surface area contributed by atoms with Crippen LogP contribution in [-0.2, 0) is 4.79 Å². The quantitative estimate of drug-likeness (QED) is 0.601. The van der Waals surface area contributed by atoms with Crippen molar-refractivity contribution in [3.05, 3.63) is 59.1 Å². The third kappa shape index (κ3) is 4.88. The van der Waals surface area contributed by atoms with Crippen LogP contribution >= 0.6 is 11.6 Å². The zero-order chi connectivity index (χ0) is 22.7. The fourth-order valence-electron chi connectivity index (χ4n) is 3.56. The molecule has 1 amide bonds. The molecule has 2 aromatic carbocycles. The van der Waals surface area contributed by atoms with Crippen molar-refractivity contribution < 1.29 is 9.18 Å². The van der Waals surface area contributed by atoms with Gasteiger partial charge in [-0.3, -0.25) is 4.79 Å². The van der Waals surface area contributed by atoms with Crippen LogP contribution in [0.3, 0.4) is 0 Å². The van der Waals surface area contributed by atoms with E-state index in [4.69, 9.17) is 11.6 Å². The average molecular weight is 456 g/mol. The first-order chi connectivity index (χ1) is 15.4. The maximum atomic E-state index is 13.4. The number of carbonyl (C=O) groups is 1. The maximum absolute atomic E-state index is 13.4. The Hall–Kier alpha value is -3.46. The molecule has 0 aliphatic carbocycles. The summed E-state index contributed by atoms with van der Waals surface area (Å²) in [5, 5.41) is 6.14. The van der Waals surface area contributed by atoms with Crippen LogP contribution in [0.5, 0.6) is 0 Å². The Morgan fingerprint density at radius 2 is 1.78 bits per heavy atom. The van der Waals surface area contributed by atoms with Crippen LogP contribution in [0, 0.1) is 12.7 Å². The van der Waals surface area contributed by atoms with Crippen molar-refractivity contribution in [2.45, 2.75) is 13.8 Å². The Morgan fingerprint density at radius 3 is 2.50 bits per heavy atom. The molecular formula is C22H23ClFN7O. The van der Waals surface area contributed by atoms with Crippen molar-refractivity contribution in [3.8, 4) is 0 Å². The molecule has 1 aliphatic rings. The van der Waals surface area contributed by atoms with E-state index in [0.717, 1.165) is 35.7 Å². The van der Waals surface area contributed by atoms with Crippen molar-refractivity contribution in [2.75, 3.05) is 46.6 Å². The molecule has 1 aromatic heterocycles.